The maximum absolute atomic E-state index is 11.3. The molecule has 5 nitrogen and oxygen atoms in total. The predicted molar refractivity (Wildman–Crippen MR) is 42.8 cm³/mol. The largest absolute Gasteiger partial charge is 0.476 e. The van der Waals surface area contributed by atoms with E-state index in [4.69, 9.17) is 5.11 Å². The number of fused-ring (bicyclic) bond motifs is 1. The first-order valence-electron chi connectivity index (χ1n) is 4.04. The number of aromatic carboxylic acids is 1. The summed E-state index contributed by atoms with van der Waals surface area (Å²) in [4.78, 5) is 22.0. The SMILES string of the molecule is O=C(O)c1n[nH]c2c1C(=O)CCC2. The van der Waals surface area contributed by atoms with Gasteiger partial charge >= 0.3 is 5.97 Å². The van der Waals surface area contributed by atoms with Crippen molar-refractivity contribution in [3.8, 4) is 0 Å². The lowest BCUT2D eigenvalue weighted by atomic mass is 9.95. The molecule has 0 atom stereocenters. The topological polar surface area (TPSA) is 83.0 Å². The van der Waals surface area contributed by atoms with Gasteiger partial charge < -0.3 is 5.11 Å². The van der Waals surface area contributed by atoms with E-state index in [0.717, 1.165) is 6.42 Å². The summed E-state index contributed by atoms with van der Waals surface area (Å²) in [5.74, 6) is -1.26. The minimum Gasteiger partial charge on any atom is -0.476 e. The van der Waals surface area contributed by atoms with Crippen LogP contribution in [0.2, 0.25) is 0 Å². The van der Waals surface area contributed by atoms with E-state index in [2.05, 4.69) is 10.2 Å². The molecule has 2 rings (SSSR count). The van der Waals surface area contributed by atoms with Crippen molar-refractivity contribution in [2.24, 2.45) is 0 Å². The average Bonchev–Trinajstić information content (AvgIpc) is 2.49. The quantitative estimate of drug-likeness (QED) is 0.663. The molecule has 1 aliphatic rings. The Morgan fingerprint density at radius 1 is 1.46 bits per heavy atom. The van der Waals surface area contributed by atoms with E-state index in [1.165, 1.54) is 0 Å². The molecule has 5 heteroatoms. The number of hydrogen-bond acceptors (Lipinski definition) is 3. The summed E-state index contributed by atoms with van der Waals surface area (Å²) < 4.78 is 0. The number of aromatic nitrogens is 2. The molecule has 0 fully saturated rings. The fraction of sp³-hybridized carbons (Fsp3) is 0.375. The monoisotopic (exact) mass is 180 g/mol. The predicted octanol–water partition coefficient (Wildman–Crippen LogP) is 0.627. The Kier molecular flexibility index (Phi) is 1.65. The minimum absolute atomic E-state index is 0.118. The van der Waals surface area contributed by atoms with Crippen molar-refractivity contribution in [3.63, 3.8) is 0 Å². The Morgan fingerprint density at radius 3 is 2.92 bits per heavy atom. The van der Waals surface area contributed by atoms with Crippen LogP contribution in [0.3, 0.4) is 0 Å². The van der Waals surface area contributed by atoms with Gasteiger partial charge in [-0.2, -0.15) is 5.10 Å². The number of carbonyl (C=O) groups excluding carboxylic acids is 1. The van der Waals surface area contributed by atoms with Crippen molar-refractivity contribution in [2.75, 3.05) is 0 Å². The molecular formula is C8H8N2O3. The summed E-state index contributed by atoms with van der Waals surface area (Å²) in [6.07, 6.45) is 1.90. The van der Waals surface area contributed by atoms with Gasteiger partial charge in [0.05, 0.1) is 5.56 Å². The van der Waals surface area contributed by atoms with E-state index >= 15 is 0 Å². The number of H-pyrrole nitrogens is 1. The molecule has 1 aliphatic carbocycles. The first-order valence-corrected chi connectivity index (χ1v) is 4.04. The average molecular weight is 180 g/mol. The molecule has 0 saturated heterocycles. The number of hydrogen-bond donors (Lipinski definition) is 2. The molecule has 0 unspecified atom stereocenters. The Balaban J connectivity index is 2.56. The van der Waals surface area contributed by atoms with E-state index in [9.17, 15) is 9.59 Å². The lowest BCUT2D eigenvalue weighted by Gasteiger charge is -2.08. The zero-order chi connectivity index (χ0) is 9.42. The molecule has 1 aromatic rings. The Morgan fingerprint density at radius 2 is 2.23 bits per heavy atom. The van der Waals surface area contributed by atoms with Crippen LogP contribution < -0.4 is 0 Å². The van der Waals surface area contributed by atoms with Gasteiger partial charge in [-0.25, -0.2) is 4.79 Å². The number of carboxylic acids is 1. The molecule has 13 heavy (non-hydrogen) atoms. The summed E-state index contributed by atoms with van der Waals surface area (Å²) in [7, 11) is 0. The van der Waals surface area contributed by atoms with E-state index in [0.29, 0.717) is 18.5 Å². The molecule has 2 N–H and O–H groups in total. The zero-order valence-corrected chi connectivity index (χ0v) is 6.83. The third kappa shape index (κ3) is 1.12. The molecule has 68 valence electrons. The molecule has 0 aromatic carbocycles. The summed E-state index contributed by atoms with van der Waals surface area (Å²) in [5.41, 5.74) is 0.798. The Labute approximate surface area is 73.8 Å². The summed E-state index contributed by atoms with van der Waals surface area (Å²) in [6, 6.07) is 0. The number of Topliss-reactive ketones (excluding diaryl/α,β-unsaturated/α-hetero) is 1. The first-order chi connectivity index (χ1) is 6.20. The van der Waals surface area contributed by atoms with Crippen molar-refractivity contribution in [3.05, 3.63) is 17.0 Å². The van der Waals surface area contributed by atoms with Crippen LogP contribution >= 0.6 is 0 Å². The van der Waals surface area contributed by atoms with E-state index < -0.39 is 5.97 Å². The fourth-order valence-corrected chi connectivity index (χ4v) is 1.56. The second-order valence-corrected chi connectivity index (χ2v) is 3.01. The highest BCUT2D eigenvalue weighted by atomic mass is 16.4. The van der Waals surface area contributed by atoms with Gasteiger partial charge in [0.2, 0.25) is 0 Å². The van der Waals surface area contributed by atoms with Crippen molar-refractivity contribution in [1.82, 2.24) is 10.2 Å². The third-order valence-electron chi connectivity index (χ3n) is 2.15. The maximum atomic E-state index is 11.3. The molecule has 0 amide bonds. The minimum atomic E-state index is -1.15. The summed E-state index contributed by atoms with van der Waals surface area (Å²) >= 11 is 0. The van der Waals surface area contributed by atoms with Crippen LogP contribution in [0.4, 0.5) is 0 Å². The van der Waals surface area contributed by atoms with Crippen LogP contribution in [0.5, 0.6) is 0 Å². The molecular weight excluding hydrogens is 172 g/mol. The van der Waals surface area contributed by atoms with E-state index in [1.54, 1.807) is 0 Å². The molecule has 0 saturated carbocycles. The molecule has 0 spiro atoms. The lowest BCUT2D eigenvalue weighted by molar-refractivity contribution is 0.0685. The number of nitrogens with one attached hydrogen (secondary N) is 1. The van der Waals surface area contributed by atoms with Gasteiger partial charge in [0.15, 0.2) is 11.5 Å². The van der Waals surface area contributed by atoms with Crippen LogP contribution in [0.1, 0.15) is 39.4 Å². The number of rotatable bonds is 1. The van der Waals surface area contributed by atoms with Crippen LogP contribution in [-0.4, -0.2) is 27.1 Å². The number of nitrogens with zero attached hydrogens (tertiary/aromatic N) is 1. The van der Waals surface area contributed by atoms with Crippen LogP contribution in [0.15, 0.2) is 0 Å². The number of aromatic amines is 1. The van der Waals surface area contributed by atoms with Crippen LogP contribution in [0, 0.1) is 0 Å². The molecule has 0 aliphatic heterocycles. The van der Waals surface area contributed by atoms with Crippen molar-refractivity contribution < 1.29 is 14.7 Å². The highest BCUT2D eigenvalue weighted by Gasteiger charge is 2.26. The third-order valence-corrected chi connectivity index (χ3v) is 2.15. The molecule has 0 bridgehead atoms. The summed E-state index contributed by atoms with van der Waals surface area (Å²) in [6.45, 7) is 0. The Hall–Kier alpha value is -1.65. The normalized spacial score (nSPS) is 15.5. The molecule has 1 aromatic heterocycles. The van der Waals surface area contributed by atoms with Gasteiger partial charge in [0.25, 0.3) is 0 Å². The number of carboxylic acid groups (broad SMARTS) is 1. The summed E-state index contributed by atoms with van der Waals surface area (Å²) in [5, 5.41) is 14.9. The van der Waals surface area contributed by atoms with Gasteiger partial charge in [-0.3, -0.25) is 9.89 Å². The Bertz CT molecular complexity index is 381. The standard InChI is InChI=1S/C8H8N2O3/c11-5-3-1-2-4-6(5)7(8(12)13)10-9-4/h1-3H2,(H,9,10)(H,12,13). The zero-order valence-electron chi connectivity index (χ0n) is 6.83. The number of aryl methyl sites for hydroxylation is 1. The maximum Gasteiger partial charge on any atom is 0.357 e. The first kappa shape index (κ1) is 7.97. The van der Waals surface area contributed by atoms with Gasteiger partial charge in [-0.1, -0.05) is 0 Å². The fourth-order valence-electron chi connectivity index (χ4n) is 1.56. The second-order valence-electron chi connectivity index (χ2n) is 3.01. The van der Waals surface area contributed by atoms with Crippen molar-refractivity contribution >= 4 is 11.8 Å². The van der Waals surface area contributed by atoms with Gasteiger partial charge in [-0.05, 0) is 12.8 Å². The molecule has 1 heterocycles. The van der Waals surface area contributed by atoms with E-state index in [1.807, 2.05) is 0 Å². The lowest BCUT2D eigenvalue weighted by Crippen LogP contribution is -2.13. The smallest absolute Gasteiger partial charge is 0.357 e. The van der Waals surface area contributed by atoms with Gasteiger partial charge in [-0.15, -0.1) is 0 Å². The number of carbonyl (C=O) groups is 2. The van der Waals surface area contributed by atoms with Crippen LogP contribution in [0.25, 0.3) is 0 Å². The van der Waals surface area contributed by atoms with Gasteiger partial charge in [0.1, 0.15) is 0 Å². The van der Waals surface area contributed by atoms with Gasteiger partial charge in [0, 0.05) is 12.1 Å². The molecule has 0 radical (unpaired) electrons. The number of ketones is 1. The van der Waals surface area contributed by atoms with Crippen molar-refractivity contribution in [1.29, 1.82) is 0 Å². The highest BCUT2D eigenvalue weighted by molar-refractivity contribution is 6.06. The van der Waals surface area contributed by atoms with Crippen LogP contribution in [-0.2, 0) is 6.42 Å². The highest BCUT2D eigenvalue weighted by Crippen LogP contribution is 2.21. The second kappa shape index (κ2) is 2.69. The van der Waals surface area contributed by atoms with E-state index in [-0.39, 0.29) is 17.0 Å². The van der Waals surface area contributed by atoms with Crippen molar-refractivity contribution in [2.45, 2.75) is 19.3 Å².